The molecule has 0 saturated carbocycles. The Balaban J connectivity index is 3.28. The van der Waals surface area contributed by atoms with Gasteiger partial charge in [-0.3, -0.25) is 0 Å². The van der Waals surface area contributed by atoms with Crippen molar-refractivity contribution in [2.75, 3.05) is 0 Å². The molecule has 0 atom stereocenters. The van der Waals surface area contributed by atoms with Crippen molar-refractivity contribution in [3.63, 3.8) is 0 Å². The third-order valence-corrected chi connectivity index (χ3v) is 3.18. The number of rotatable bonds is 3. The molecule has 0 spiro atoms. The van der Waals surface area contributed by atoms with E-state index in [0.29, 0.717) is 0 Å². The van der Waals surface area contributed by atoms with Crippen LogP contribution in [-0.4, -0.2) is 0 Å². The van der Waals surface area contributed by atoms with E-state index in [9.17, 15) is 4.39 Å². The molecule has 0 N–H and O–H groups in total. The molecule has 1 nitrogen and oxygen atoms in total. The minimum absolute atomic E-state index is 0.000971. The van der Waals surface area contributed by atoms with E-state index >= 15 is 0 Å². The van der Waals surface area contributed by atoms with Crippen LogP contribution in [0.25, 0.3) is 0 Å². The Morgan fingerprint density at radius 2 is 2.06 bits per heavy atom. The predicted molar refractivity (Wildman–Crippen MR) is 64.1 cm³/mol. The summed E-state index contributed by atoms with van der Waals surface area (Å²) >= 11 is 5.97. The average molecular weight is 240 g/mol. The molecular formula is C13H15ClFN. The maximum atomic E-state index is 13.7. The minimum Gasteiger partial charge on any atom is -0.204 e. The highest BCUT2D eigenvalue weighted by atomic mass is 35.5. The molecule has 1 aromatic rings. The molecule has 0 fully saturated rings. The van der Waals surface area contributed by atoms with Crippen LogP contribution >= 0.6 is 11.6 Å². The van der Waals surface area contributed by atoms with Gasteiger partial charge < -0.3 is 0 Å². The maximum Gasteiger partial charge on any atom is 0.159 e. The van der Waals surface area contributed by atoms with Gasteiger partial charge in [-0.2, -0.15) is 5.26 Å². The molecule has 0 aliphatic carbocycles. The summed E-state index contributed by atoms with van der Waals surface area (Å²) in [7, 11) is 0. The van der Waals surface area contributed by atoms with E-state index in [1.165, 1.54) is 6.07 Å². The average Bonchev–Trinajstić information content (AvgIpc) is 2.21. The van der Waals surface area contributed by atoms with Gasteiger partial charge in [-0.1, -0.05) is 44.9 Å². The summed E-state index contributed by atoms with van der Waals surface area (Å²) < 4.78 is 13.7. The smallest absolute Gasteiger partial charge is 0.159 e. The number of hydrogen-bond acceptors (Lipinski definition) is 1. The lowest BCUT2D eigenvalue weighted by Crippen LogP contribution is -2.18. The van der Waals surface area contributed by atoms with Crippen molar-refractivity contribution in [2.24, 2.45) is 0 Å². The van der Waals surface area contributed by atoms with Gasteiger partial charge in [0.2, 0.25) is 0 Å². The zero-order chi connectivity index (χ0) is 12.3. The first-order chi connectivity index (χ1) is 7.44. The maximum absolute atomic E-state index is 13.7. The largest absolute Gasteiger partial charge is 0.204 e. The second-order valence-corrected chi connectivity index (χ2v) is 4.91. The SMILES string of the molecule is CCCC(C)(C)c1ccc(C#N)c(F)c1Cl. The first kappa shape index (κ1) is 13.0. The Kier molecular flexibility index (Phi) is 3.93. The Morgan fingerprint density at radius 1 is 1.44 bits per heavy atom. The van der Waals surface area contributed by atoms with Crippen LogP contribution in [0.5, 0.6) is 0 Å². The van der Waals surface area contributed by atoms with Crippen molar-refractivity contribution in [1.29, 1.82) is 5.26 Å². The summed E-state index contributed by atoms with van der Waals surface area (Å²) in [5.74, 6) is -0.606. The Bertz CT molecular complexity index is 432. The van der Waals surface area contributed by atoms with E-state index in [-0.39, 0.29) is 16.0 Å². The summed E-state index contributed by atoms with van der Waals surface area (Å²) in [5.41, 5.74) is 0.606. The molecule has 1 aromatic carbocycles. The predicted octanol–water partition coefficient (Wildman–Crippen LogP) is 4.43. The minimum atomic E-state index is -0.606. The van der Waals surface area contributed by atoms with Crippen LogP contribution in [0.15, 0.2) is 12.1 Å². The van der Waals surface area contributed by atoms with Gasteiger partial charge in [0.25, 0.3) is 0 Å². The van der Waals surface area contributed by atoms with Crippen molar-refractivity contribution in [3.05, 3.63) is 34.1 Å². The van der Waals surface area contributed by atoms with E-state index in [1.807, 2.05) is 13.8 Å². The number of halogens is 2. The van der Waals surface area contributed by atoms with E-state index in [0.717, 1.165) is 18.4 Å². The second-order valence-electron chi connectivity index (χ2n) is 4.53. The molecular weight excluding hydrogens is 225 g/mol. The number of nitriles is 1. The lowest BCUT2D eigenvalue weighted by atomic mass is 9.80. The molecule has 3 heteroatoms. The fourth-order valence-corrected chi connectivity index (χ4v) is 2.34. The van der Waals surface area contributed by atoms with Gasteiger partial charge in [-0.15, -0.1) is 0 Å². The van der Waals surface area contributed by atoms with Crippen LogP contribution < -0.4 is 0 Å². The Morgan fingerprint density at radius 3 is 2.56 bits per heavy atom. The molecule has 16 heavy (non-hydrogen) atoms. The molecule has 86 valence electrons. The normalized spacial score (nSPS) is 11.2. The first-order valence-electron chi connectivity index (χ1n) is 5.32. The van der Waals surface area contributed by atoms with E-state index in [4.69, 9.17) is 16.9 Å². The summed E-state index contributed by atoms with van der Waals surface area (Å²) in [6, 6.07) is 5.03. The fourth-order valence-electron chi connectivity index (χ4n) is 1.92. The van der Waals surface area contributed by atoms with Gasteiger partial charge in [-0.05, 0) is 23.5 Å². The third kappa shape index (κ3) is 2.36. The molecule has 0 aliphatic heterocycles. The van der Waals surface area contributed by atoms with Gasteiger partial charge in [0.05, 0.1) is 10.6 Å². The highest BCUT2D eigenvalue weighted by Gasteiger charge is 2.25. The quantitative estimate of drug-likeness (QED) is 0.766. The van der Waals surface area contributed by atoms with Crippen molar-refractivity contribution in [2.45, 2.75) is 39.0 Å². The van der Waals surface area contributed by atoms with Crippen molar-refractivity contribution in [3.8, 4) is 6.07 Å². The topological polar surface area (TPSA) is 23.8 Å². The van der Waals surface area contributed by atoms with Crippen LogP contribution in [-0.2, 0) is 5.41 Å². The van der Waals surface area contributed by atoms with E-state index in [2.05, 4.69) is 6.92 Å². The van der Waals surface area contributed by atoms with E-state index in [1.54, 1.807) is 12.1 Å². The van der Waals surface area contributed by atoms with Crippen molar-refractivity contribution < 1.29 is 4.39 Å². The third-order valence-electron chi connectivity index (χ3n) is 2.81. The lowest BCUT2D eigenvalue weighted by Gasteiger charge is -2.26. The highest BCUT2D eigenvalue weighted by Crippen LogP contribution is 2.35. The van der Waals surface area contributed by atoms with E-state index < -0.39 is 5.82 Å². The molecule has 0 unspecified atom stereocenters. The van der Waals surface area contributed by atoms with Gasteiger partial charge in [0, 0.05) is 0 Å². The van der Waals surface area contributed by atoms with Gasteiger partial charge >= 0.3 is 0 Å². The summed E-state index contributed by atoms with van der Waals surface area (Å²) in [5, 5.41) is 8.77. The zero-order valence-corrected chi connectivity index (χ0v) is 10.5. The van der Waals surface area contributed by atoms with Gasteiger partial charge in [-0.25, -0.2) is 4.39 Å². The fraction of sp³-hybridized carbons (Fsp3) is 0.462. The Hall–Kier alpha value is -1.07. The number of hydrogen-bond donors (Lipinski definition) is 0. The molecule has 1 rings (SSSR count). The summed E-state index contributed by atoms with van der Waals surface area (Å²) in [6.45, 7) is 6.14. The molecule has 0 aliphatic rings. The molecule has 0 radical (unpaired) electrons. The number of benzene rings is 1. The van der Waals surface area contributed by atoms with Crippen LogP contribution in [0.3, 0.4) is 0 Å². The van der Waals surface area contributed by atoms with Gasteiger partial charge in [0.15, 0.2) is 5.82 Å². The highest BCUT2D eigenvalue weighted by molar-refractivity contribution is 6.31. The first-order valence-corrected chi connectivity index (χ1v) is 5.70. The molecule has 0 amide bonds. The molecule has 0 heterocycles. The summed E-state index contributed by atoms with van der Waals surface area (Å²) in [4.78, 5) is 0. The monoisotopic (exact) mass is 239 g/mol. The van der Waals surface area contributed by atoms with Crippen LogP contribution in [0, 0.1) is 17.1 Å². The van der Waals surface area contributed by atoms with Crippen LogP contribution in [0.4, 0.5) is 4.39 Å². The summed E-state index contributed by atoms with van der Waals surface area (Å²) in [6.07, 6.45) is 1.93. The van der Waals surface area contributed by atoms with Gasteiger partial charge in [0.1, 0.15) is 6.07 Å². The lowest BCUT2D eigenvalue weighted by molar-refractivity contribution is 0.469. The van der Waals surface area contributed by atoms with Crippen molar-refractivity contribution in [1.82, 2.24) is 0 Å². The van der Waals surface area contributed by atoms with Crippen LogP contribution in [0.2, 0.25) is 5.02 Å². The number of nitrogens with zero attached hydrogens (tertiary/aromatic N) is 1. The molecule has 0 saturated heterocycles. The standard InChI is InChI=1S/C13H15ClFN/c1-4-7-13(2,3)10-6-5-9(8-16)12(15)11(10)14/h5-6H,4,7H2,1-3H3. The second kappa shape index (κ2) is 4.84. The van der Waals surface area contributed by atoms with Crippen LogP contribution in [0.1, 0.15) is 44.7 Å². The molecule has 0 bridgehead atoms. The molecule has 0 aromatic heterocycles. The Labute approximate surface area is 101 Å². The zero-order valence-electron chi connectivity index (χ0n) is 9.77. The van der Waals surface area contributed by atoms with Crippen molar-refractivity contribution >= 4 is 11.6 Å².